The van der Waals surface area contributed by atoms with Crippen LogP contribution in [0.15, 0.2) is 76.8 Å². The molecule has 0 atom stereocenters. The molecule has 0 heterocycles. The Morgan fingerprint density at radius 3 is 2.46 bits per heavy atom. The molecule has 3 aromatic carbocycles. The number of amides is 2. The van der Waals surface area contributed by atoms with Crippen molar-refractivity contribution >= 4 is 56.8 Å². The number of benzene rings is 3. The molecular weight excluding hydrogens is 534 g/mol. The van der Waals surface area contributed by atoms with Crippen LogP contribution in [0.25, 0.3) is 6.08 Å². The number of halogens is 2. The van der Waals surface area contributed by atoms with Crippen molar-refractivity contribution in [2.45, 2.75) is 6.92 Å². The Morgan fingerprint density at radius 1 is 1.06 bits per heavy atom. The second kappa shape index (κ2) is 12.6. The predicted molar refractivity (Wildman–Crippen MR) is 140 cm³/mol. The summed E-state index contributed by atoms with van der Waals surface area (Å²) in [5.41, 5.74) is 1.45. The number of para-hydroxylation sites is 2. The number of rotatable bonds is 9. The van der Waals surface area contributed by atoms with Gasteiger partial charge in [-0.1, -0.05) is 41.9 Å². The van der Waals surface area contributed by atoms with Crippen LogP contribution in [-0.4, -0.2) is 25.0 Å². The van der Waals surface area contributed by atoms with Crippen molar-refractivity contribution in [2.75, 3.05) is 23.8 Å². The van der Waals surface area contributed by atoms with Crippen LogP contribution in [0.1, 0.15) is 12.5 Å². The zero-order chi connectivity index (χ0) is 25.2. The van der Waals surface area contributed by atoms with Gasteiger partial charge in [-0.25, -0.2) is 0 Å². The van der Waals surface area contributed by atoms with Crippen molar-refractivity contribution in [1.29, 1.82) is 5.26 Å². The van der Waals surface area contributed by atoms with Gasteiger partial charge in [0.25, 0.3) is 11.8 Å². The number of hydrogen-bond acceptors (Lipinski definition) is 5. The van der Waals surface area contributed by atoms with Crippen LogP contribution in [0.5, 0.6) is 11.5 Å². The number of nitrogens with zero attached hydrogens (tertiary/aromatic N) is 1. The normalized spacial score (nSPS) is 10.7. The zero-order valence-electron chi connectivity index (χ0n) is 18.7. The highest BCUT2D eigenvalue weighted by atomic mass is 79.9. The molecule has 0 spiro atoms. The highest BCUT2D eigenvalue weighted by Gasteiger charge is 2.16. The van der Waals surface area contributed by atoms with E-state index in [1.165, 1.54) is 6.08 Å². The number of hydrogen-bond donors (Lipinski definition) is 2. The second-order valence-electron chi connectivity index (χ2n) is 7.07. The lowest BCUT2D eigenvalue weighted by atomic mass is 10.1. The third-order valence-corrected chi connectivity index (χ3v) is 5.45. The average molecular weight is 555 g/mol. The molecule has 9 heteroatoms. The Labute approximate surface area is 216 Å². The van der Waals surface area contributed by atoms with Gasteiger partial charge in [0.05, 0.1) is 21.8 Å². The quantitative estimate of drug-likeness (QED) is 0.247. The molecule has 0 aromatic heterocycles. The molecular formula is C26H21BrClN3O4. The summed E-state index contributed by atoms with van der Waals surface area (Å²) in [6, 6.07) is 21.0. The Bertz CT molecular complexity index is 1290. The van der Waals surface area contributed by atoms with Crippen LogP contribution >= 0.6 is 27.5 Å². The topological polar surface area (TPSA) is 100 Å². The first-order valence-electron chi connectivity index (χ1n) is 10.5. The first-order valence-corrected chi connectivity index (χ1v) is 11.7. The minimum atomic E-state index is -0.604. The molecule has 178 valence electrons. The second-order valence-corrected chi connectivity index (χ2v) is 8.33. The van der Waals surface area contributed by atoms with Crippen LogP contribution in [0.2, 0.25) is 5.02 Å². The molecule has 3 rings (SSSR count). The fourth-order valence-electron chi connectivity index (χ4n) is 3.00. The Balaban J connectivity index is 1.78. The lowest BCUT2D eigenvalue weighted by molar-refractivity contribution is -0.118. The number of nitriles is 1. The van der Waals surface area contributed by atoms with E-state index in [-0.39, 0.29) is 18.1 Å². The highest BCUT2D eigenvalue weighted by molar-refractivity contribution is 9.10. The van der Waals surface area contributed by atoms with E-state index >= 15 is 0 Å². The number of carbonyl (C=O) groups excluding carboxylic acids is 2. The molecule has 0 bridgehead atoms. The van der Waals surface area contributed by atoms with E-state index < -0.39 is 5.91 Å². The molecule has 2 N–H and O–H groups in total. The molecule has 0 aliphatic rings. The summed E-state index contributed by atoms with van der Waals surface area (Å²) in [6.45, 7) is 1.90. The molecule has 7 nitrogen and oxygen atoms in total. The Morgan fingerprint density at radius 2 is 1.77 bits per heavy atom. The Hall–Kier alpha value is -3.80. The van der Waals surface area contributed by atoms with Crippen LogP contribution < -0.4 is 20.1 Å². The van der Waals surface area contributed by atoms with Gasteiger partial charge in [-0.05, 0) is 70.9 Å². The average Bonchev–Trinajstić information content (AvgIpc) is 2.84. The zero-order valence-corrected chi connectivity index (χ0v) is 21.0. The van der Waals surface area contributed by atoms with Crippen LogP contribution in [0.3, 0.4) is 0 Å². The molecule has 0 unspecified atom stereocenters. The largest absolute Gasteiger partial charge is 0.490 e. The van der Waals surface area contributed by atoms with E-state index in [4.69, 9.17) is 21.1 Å². The van der Waals surface area contributed by atoms with Crippen molar-refractivity contribution in [3.63, 3.8) is 0 Å². The number of carbonyl (C=O) groups is 2. The number of nitrogens with one attached hydrogen (secondary N) is 2. The summed E-state index contributed by atoms with van der Waals surface area (Å²) in [5, 5.41) is 15.3. The summed E-state index contributed by atoms with van der Waals surface area (Å²) in [4.78, 5) is 24.9. The molecule has 0 saturated carbocycles. The third kappa shape index (κ3) is 7.34. The van der Waals surface area contributed by atoms with Gasteiger partial charge in [-0.2, -0.15) is 5.26 Å². The van der Waals surface area contributed by atoms with E-state index in [1.54, 1.807) is 55.5 Å². The van der Waals surface area contributed by atoms with E-state index in [1.807, 2.05) is 24.3 Å². The lowest BCUT2D eigenvalue weighted by Crippen LogP contribution is -2.20. The van der Waals surface area contributed by atoms with E-state index in [2.05, 4.69) is 26.6 Å². The SMILES string of the molecule is CCOc1cc(/C=C(\C#N)C(=O)Nc2ccccc2Cl)cc(Br)c1OCC(=O)Nc1ccccc1. The molecule has 0 aliphatic carbocycles. The lowest BCUT2D eigenvalue weighted by Gasteiger charge is -2.15. The molecule has 0 saturated heterocycles. The smallest absolute Gasteiger partial charge is 0.266 e. The molecule has 35 heavy (non-hydrogen) atoms. The standard InChI is InChI=1S/C26H21BrClN3O4/c1-2-34-23-14-17(12-18(15-29)26(33)31-22-11-7-6-10-21(22)28)13-20(27)25(23)35-16-24(32)30-19-8-4-3-5-9-19/h3-14H,2,16H2,1H3,(H,30,32)(H,31,33)/b18-12+. The van der Waals surface area contributed by atoms with Gasteiger partial charge in [-0.3, -0.25) is 9.59 Å². The van der Waals surface area contributed by atoms with Crippen LogP contribution in [0, 0.1) is 11.3 Å². The predicted octanol–water partition coefficient (Wildman–Crippen LogP) is 6.06. The number of anilines is 2. The maximum atomic E-state index is 12.6. The van der Waals surface area contributed by atoms with Crippen molar-refractivity contribution in [3.05, 3.63) is 87.4 Å². The van der Waals surface area contributed by atoms with Gasteiger partial charge in [0, 0.05) is 5.69 Å². The molecule has 0 fully saturated rings. The molecule has 2 amide bonds. The minimum absolute atomic E-state index is 0.129. The number of ether oxygens (including phenoxy) is 2. The molecule has 0 aliphatic heterocycles. The fraction of sp³-hybridized carbons (Fsp3) is 0.115. The third-order valence-electron chi connectivity index (χ3n) is 4.53. The van der Waals surface area contributed by atoms with Crippen molar-refractivity contribution in [3.8, 4) is 17.6 Å². The van der Waals surface area contributed by atoms with E-state index in [9.17, 15) is 14.9 Å². The first-order chi connectivity index (χ1) is 16.9. The highest BCUT2D eigenvalue weighted by Crippen LogP contribution is 2.37. The maximum absolute atomic E-state index is 12.6. The summed E-state index contributed by atoms with van der Waals surface area (Å²) >= 11 is 9.52. The van der Waals surface area contributed by atoms with Gasteiger partial charge in [0.2, 0.25) is 0 Å². The van der Waals surface area contributed by atoms with Crippen LogP contribution in [-0.2, 0) is 9.59 Å². The minimum Gasteiger partial charge on any atom is -0.490 e. The van der Waals surface area contributed by atoms with Crippen molar-refractivity contribution in [1.82, 2.24) is 0 Å². The van der Waals surface area contributed by atoms with Crippen molar-refractivity contribution < 1.29 is 19.1 Å². The molecule has 0 radical (unpaired) electrons. The van der Waals surface area contributed by atoms with Crippen LogP contribution in [0.4, 0.5) is 11.4 Å². The Kier molecular flexibility index (Phi) is 9.30. The summed E-state index contributed by atoms with van der Waals surface area (Å²) in [7, 11) is 0. The van der Waals surface area contributed by atoms with Gasteiger partial charge in [0.1, 0.15) is 11.6 Å². The van der Waals surface area contributed by atoms with Gasteiger partial charge < -0.3 is 20.1 Å². The first kappa shape index (κ1) is 25.8. The summed E-state index contributed by atoms with van der Waals surface area (Å²) in [6.07, 6.45) is 1.42. The summed E-state index contributed by atoms with van der Waals surface area (Å²) < 4.78 is 11.9. The monoisotopic (exact) mass is 553 g/mol. The van der Waals surface area contributed by atoms with Gasteiger partial charge >= 0.3 is 0 Å². The van der Waals surface area contributed by atoms with Gasteiger partial charge in [-0.15, -0.1) is 0 Å². The van der Waals surface area contributed by atoms with E-state index in [0.717, 1.165) is 0 Å². The fourth-order valence-corrected chi connectivity index (χ4v) is 3.76. The molecule has 3 aromatic rings. The summed E-state index contributed by atoms with van der Waals surface area (Å²) in [5.74, 6) is -0.263. The maximum Gasteiger partial charge on any atom is 0.266 e. The van der Waals surface area contributed by atoms with E-state index in [0.29, 0.717) is 44.5 Å². The van der Waals surface area contributed by atoms with Gasteiger partial charge in [0.15, 0.2) is 18.1 Å². The van der Waals surface area contributed by atoms with Crippen molar-refractivity contribution in [2.24, 2.45) is 0 Å².